The van der Waals surface area contributed by atoms with Gasteiger partial charge in [-0.1, -0.05) is 23.7 Å². The van der Waals surface area contributed by atoms with Crippen LogP contribution in [0.25, 0.3) is 10.6 Å². The molecule has 2 aromatic heterocycles. The molecular weight excluding hydrogens is 380 g/mol. The first kappa shape index (κ1) is 17.9. The summed E-state index contributed by atoms with van der Waals surface area (Å²) in [5.41, 5.74) is 2.83. The van der Waals surface area contributed by atoms with Crippen LogP contribution in [0.5, 0.6) is 0 Å². The number of nitrogens with zero attached hydrogens (tertiary/aromatic N) is 4. The summed E-state index contributed by atoms with van der Waals surface area (Å²) in [6.45, 7) is 2.97. The van der Waals surface area contributed by atoms with Crippen molar-refractivity contribution in [2.24, 2.45) is 0 Å². The van der Waals surface area contributed by atoms with Crippen LogP contribution in [-0.2, 0) is 11.2 Å². The van der Waals surface area contributed by atoms with Crippen molar-refractivity contribution in [2.45, 2.75) is 6.42 Å². The van der Waals surface area contributed by atoms with Crippen LogP contribution in [0.4, 0.5) is 5.69 Å². The average molecular weight is 399 g/mol. The van der Waals surface area contributed by atoms with E-state index in [4.69, 9.17) is 11.6 Å². The highest BCUT2D eigenvalue weighted by molar-refractivity contribution is 7.13. The minimum Gasteiger partial charge on any atom is -0.367 e. The number of thiazole rings is 1. The highest BCUT2D eigenvalue weighted by Crippen LogP contribution is 2.26. The summed E-state index contributed by atoms with van der Waals surface area (Å²) in [6, 6.07) is 11.7. The molecule has 0 unspecified atom stereocenters. The Balaban J connectivity index is 1.35. The Labute approximate surface area is 167 Å². The number of pyridine rings is 1. The van der Waals surface area contributed by atoms with E-state index in [1.165, 1.54) is 0 Å². The fraction of sp³-hybridized carbons (Fsp3) is 0.250. The Morgan fingerprint density at radius 2 is 1.93 bits per heavy atom. The van der Waals surface area contributed by atoms with E-state index >= 15 is 0 Å². The minimum absolute atomic E-state index is 0.122. The molecule has 0 radical (unpaired) electrons. The van der Waals surface area contributed by atoms with Gasteiger partial charge in [-0.2, -0.15) is 0 Å². The van der Waals surface area contributed by atoms with Crippen LogP contribution >= 0.6 is 22.9 Å². The van der Waals surface area contributed by atoms with Gasteiger partial charge in [-0.15, -0.1) is 11.3 Å². The second-order valence-corrected chi connectivity index (χ2v) is 7.65. The van der Waals surface area contributed by atoms with E-state index in [9.17, 15) is 4.79 Å². The number of rotatable bonds is 4. The molecule has 3 heterocycles. The van der Waals surface area contributed by atoms with E-state index in [0.717, 1.165) is 40.1 Å². The lowest BCUT2D eigenvalue weighted by molar-refractivity contribution is -0.130. The van der Waals surface area contributed by atoms with Crippen molar-refractivity contribution in [3.8, 4) is 10.6 Å². The standard InChI is InChI=1S/C20H19ClN4OS/c21-17-5-1-2-6-18(17)24-8-10-25(11-9-24)19(26)12-16-14-27-20(23-16)15-4-3-7-22-13-15/h1-7,13-14H,8-12H2. The maximum atomic E-state index is 12.7. The van der Waals surface area contributed by atoms with E-state index in [1.54, 1.807) is 23.7 Å². The van der Waals surface area contributed by atoms with Crippen molar-refractivity contribution in [2.75, 3.05) is 31.1 Å². The van der Waals surface area contributed by atoms with Gasteiger partial charge in [0.15, 0.2) is 0 Å². The molecule has 5 nitrogen and oxygen atoms in total. The summed E-state index contributed by atoms with van der Waals surface area (Å²) >= 11 is 7.83. The molecule has 0 spiro atoms. The van der Waals surface area contributed by atoms with Gasteiger partial charge < -0.3 is 9.80 Å². The van der Waals surface area contributed by atoms with Gasteiger partial charge in [0.25, 0.3) is 0 Å². The monoisotopic (exact) mass is 398 g/mol. The molecule has 1 aliphatic heterocycles. The summed E-state index contributed by atoms with van der Waals surface area (Å²) in [6.07, 6.45) is 3.87. The second-order valence-electron chi connectivity index (χ2n) is 6.38. The molecule has 1 aliphatic rings. The van der Waals surface area contributed by atoms with Gasteiger partial charge in [0.1, 0.15) is 5.01 Å². The van der Waals surface area contributed by atoms with E-state index in [-0.39, 0.29) is 5.91 Å². The van der Waals surface area contributed by atoms with Crippen LogP contribution in [0.2, 0.25) is 5.02 Å². The number of para-hydroxylation sites is 1. The van der Waals surface area contributed by atoms with E-state index < -0.39 is 0 Å². The number of carbonyl (C=O) groups excluding carboxylic acids is 1. The van der Waals surface area contributed by atoms with E-state index in [0.29, 0.717) is 19.5 Å². The Kier molecular flexibility index (Phi) is 5.36. The molecule has 0 aliphatic carbocycles. The van der Waals surface area contributed by atoms with E-state index in [2.05, 4.69) is 14.9 Å². The highest BCUT2D eigenvalue weighted by Gasteiger charge is 2.23. The first-order chi connectivity index (χ1) is 13.2. The maximum Gasteiger partial charge on any atom is 0.228 e. The molecule has 1 amide bonds. The largest absolute Gasteiger partial charge is 0.367 e. The third-order valence-electron chi connectivity index (χ3n) is 4.62. The fourth-order valence-electron chi connectivity index (χ4n) is 3.18. The van der Waals surface area contributed by atoms with Gasteiger partial charge in [-0.05, 0) is 24.3 Å². The Bertz CT molecular complexity index is 922. The smallest absolute Gasteiger partial charge is 0.228 e. The molecular formula is C20H19ClN4OS. The SMILES string of the molecule is O=C(Cc1csc(-c2cccnc2)n1)N1CCN(c2ccccc2Cl)CC1. The molecule has 138 valence electrons. The Hall–Kier alpha value is -2.44. The third-order valence-corrected chi connectivity index (χ3v) is 5.88. The number of carbonyl (C=O) groups is 1. The summed E-state index contributed by atoms with van der Waals surface area (Å²) in [5.74, 6) is 0.122. The quantitative estimate of drug-likeness (QED) is 0.671. The first-order valence-corrected chi connectivity index (χ1v) is 10.1. The van der Waals surface area contributed by atoms with Crippen molar-refractivity contribution in [1.82, 2.24) is 14.9 Å². The zero-order valence-electron chi connectivity index (χ0n) is 14.7. The number of hydrogen-bond acceptors (Lipinski definition) is 5. The van der Waals surface area contributed by atoms with Gasteiger partial charge in [0.2, 0.25) is 5.91 Å². The van der Waals surface area contributed by atoms with E-state index in [1.807, 2.05) is 46.7 Å². The minimum atomic E-state index is 0.122. The van der Waals surface area contributed by atoms with Crippen LogP contribution in [0.3, 0.4) is 0 Å². The predicted molar refractivity (Wildman–Crippen MR) is 109 cm³/mol. The van der Waals surface area contributed by atoms with Crippen molar-refractivity contribution in [3.63, 3.8) is 0 Å². The van der Waals surface area contributed by atoms with Crippen LogP contribution in [0, 0.1) is 0 Å². The maximum absolute atomic E-state index is 12.7. The number of piperazine rings is 1. The van der Waals surface area contributed by atoms with Gasteiger partial charge in [0, 0.05) is 49.5 Å². The summed E-state index contributed by atoms with van der Waals surface area (Å²) in [7, 11) is 0. The van der Waals surface area contributed by atoms with Gasteiger partial charge in [0.05, 0.1) is 22.8 Å². The summed E-state index contributed by atoms with van der Waals surface area (Å²) < 4.78 is 0. The summed E-state index contributed by atoms with van der Waals surface area (Å²) in [4.78, 5) is 25.5. The van der Waals surface area contributed by atoms with Crippen LogP contribution < -0.4 is 4.90 Å². The normalized spacial score (nSPS) is 14.4. The highest BCUT2D eigenvalue weighted by atomic mass is 35.5. The van der Waals surface area contributed by atoms with Crippen molar-refractivity contribution in [3.05, 3.63) is 64.9 Å². The number of benzene rings is 1. The number of halogens is 1. The fourth-order valence-corrected chi connectivity index (χ4v) is 4.25. The molecule has 0 atom stereocenters. The van der Waals surface area contributed by atoms with Crippen LogP contribution in [-0.4, -0.2) is 47.0 Å². The van der Waals surface area contributed by atoms with Gasteiger partial charge in [-0.25, -0.2) is 4.98 Å². The Morgan fingerprint density at radius 1 is 1.11 bits per heavy atom. The zero-order valence-corrected chi connectivity index (χ0v) is 16.3. The van der Waals surface area contributed by atoms with Gasteiger partial charge in [-0.3, -0.25) is 9.78 Å². The van der Waals surface area contributed by atoms with Crippen LogP contribution in [0.1, 0.15) is 5.69 Å². The molecule has 7 heteroatoms. The topological polar surface area (TPSA) is 49.3 Å². The lowest BCUT2D eigenvalue weighted by Crippen LogP contribution is -2.49. The first-order valence-electron chi connectivity index (χ1n) is 8.83. The molecule has 0 N–H and O–H groups in total. The third kappa shape index (κ3) is 4.12. The average Bonchev–Trinajstić information content (AvgIpc) is 3.18. The Morgan fingerprint density at radius 3 is 2.67 bits per heavy atom. The zero-order chi connectivity index (χ0) is 18.6. The number of hydrogen-bond donors (Lipinski definition) is 0. The lowest BCUT2D eigenvalue weighted by atomic mass is 10.2. The number of aromatic nitrogens is 2. The van der Waals surface area contributed by atoms with Crippen molar-refractivity contribution < 1.29 is 4.79 Å². The lowest BCUT2D eigenvalue weighted by Gasteiger charge is -2.36. The molecule has 3 aromatic rings. The van der Waals surface area contributed by atoms with Crippen molar-refractivity contribution >= 4 is 34.5 Å². The molecule has 27 heavy (non-hydrogen) atoms. The van der Waals surface area contributed by atoms with Crippen molar-refractivity contribution in [1.29, 1.82) is 0 Å². The molecule has 1 aromatic carbocycles. The molecule has 0 bridgehead atoms. The molecule has 0 saturated carbocycles. The number of amides is 1. The second kappa shape index (κ2) is 8.06. The predicted octanol–water partition coefficient (Wildman–Crippen LogP) is 3.75. The van der Waals surface area contributed by atoms with Crippen LogP contribution in [0.15, 0.2) is 54.2 Å². The molecule has 1 saturated heterocycles. The molecule has 1 fully saturated rings. The molecule has 4 rings (SSSR count). The number of anilines is 1. The summed E-state index contributed by atoms with van der Waals surface area (Å²) in [5, 5.41) is 3.61. The van der Waals surface area contributed by atoms with Gasteiger partial charge >= 0.3 is 0 Å².